The van der Waals surface area contributed by atoms with E-state index in [9.17, 15) is 14.4 Å². The van der Waals surface area contributed by atoms with Gasteiger partial charge in [0.2, 0.25) is 0 Å². The van der Waals surface area contributed by atoms with Gasteiger partial charge >= 0.3 is 17.9 Å². The number of carbonyl (C=O) groups excluding carboxylic acids is 3. The summed E-state index contributed by atoms with van der Waals surface area (Å²) in [5, 5.41) is 0. The number of rotatable bonds is 50. The SMILES string of the molecule is CCCCCC=CCC=CCCCCCCCC(=O)OCC(COC(=O)CCCCCCCCCC=CCCCCCCCC)OC(=O)CCCCCCCC=CCC=CCCCCC. The van der Waals surface area contributed by atoms with Gasteiger partial charge in [-0.2, -0.15) is 0 Å². The quantitative estimate of drug-likeness (QED) is 0.0262. The summed E-state index contributed by atoms with van der Waals surface area (Å²) in [6.07, 6.45) is 66.3. The fourth-order valence-corrected chi connectivity index (χ4v) is 7.73. The lowest BCUT2D eigenvalue weighted by molar-refractivity contribution is -0.167. The molecule has 65 heavy (non-hydrogen) atoms. The maximum atomic E-state index is 12.8. The minimum Gasteiger partial charge on any atom is -0.462 e. The lowest BCUT2D eigenvalue weighted by atomic mass is 10.1. The molecule has 0 saturated carbocycles. The van der Waals surface area contributed by atoms with Crippen molar-refractivity contribution in [1.82, 2.24) is 0 Å². The zero-order valence-corrected chi connectivity index (χ0v) is 43.0. The molecule has 0 aromatic carbocycles. The Morgan fingerprint density at radius 2 is 0.554 bits per heavy atom. The number of esters is 3. The lowest BCUT2D eigenvalue weighted by Crippen LogP contribution is -2.30. The van der Waals surface area contributed by atoms with Gasteiger partial charge in [0.25, 0.3) is 0 Å². The van der Waals surface area contributed by atoms with Crippen molar-refractivity contribution in [2.45, 2.75) is 284 Å². The van der Waals surface area contributed by atoms with Gasteiger partial charge in [0.05, 0.1) is 0 Å². The van der Waals surface area contributed by atoms with Crippen LogP contribution >= 0.6 is 0 Å². The third-order valence-electron chi connectivity index (χ3n) is 12.0. The van der Waals surface area contributed by atoms with E-state index in [0.29, 0.717) is 19.3 Å². The number of allylic oxidation sites excluding steroid dienone is 10. The monoisotopic (exact) mass is 909 g/mol. The molecule has 0 aliphatic carbocycles. The van der Waals surface area contributed by atoms with Crippen LogP contribution in [0.15, 0.2) is 60.8 Å². The van der Waals surface area contributed by atoms with Gasteiger partial charge in [0, 0.05) is 19.3 Å². The molecule has 6 heteroatoms. The molecule has 0 aromatic heterocycles. The van der Waals surface area contributed by atoms with Gasteiger partial charge in [-0.25, -0.2) is 0 Å². The highest BCUT2D eigenvalue weighted by atomic mass is 16.6. The Kier molecular flexibility index (Phi) is 51.3. The van der Waals surface area contributed by atoms with E-state index in [1.807, 2.05) is 0 Å². The molecular formula is C59H104O6. The highest BCUT2D eigenvalue weighted by molar-refractivity contribution is 5.71. The molecule has 0 bridgehead atoms. The summed E-state index contributed by atoms with van der Waals surface area (Å²) in [5.74, 6) is -0.911. The predicted octanol–water partition coefficient (Wildman–Crippen LogP) is 18.4. The molecule has 1 unspecified atom stereocenters. The Bertz CT molecular complexity index is 1180. The number of carbonyl (C=O) groups is 3. The van der Waals surface area contributed by atoms with Gasteiger partial charge in [-0.3, -0.25) is 14.4 Å². The summed E-state index contributed by atoms with van der Waals surface area (Å²) < 4.78 is 16.8. The smallest absolute Gasteiger partial charge is 0.306 e. The van der Waals surface area contributed by atoms with E-state index >= 15 is 0 Å². The van der Waals surface area contributed by atoms with Crippen LogP contribution in [-0.2, 0) is 28.6 Å². The number of unbranched alkanes of at least 4 members (excludes halogenated alkanes) is 29. The largest absolute Gasteiger partial charge is 0.462 e. The van der Waals surface area contributed by atoms with E-state index in [-0.39, 0.29) is 31.1 Å². The maximum absolute atomic E-state index is 12.8. The van der Waals surface area contributed by atoms with Gasteiger partial charge in [-0.1, -0.05) is 210 Å². The topological polar surface area (TPSA) is 78.9 Å². The van der Waals surface area contributed by atoms with Crippen LogP contribution < -0.4 is 0 Å². The summed E-state index contributed by atoms with van der Waals surface area (Å²) in [4.78, 5) is 38.1. The second-order valence-corrected chi connectivity index (χ2v) is 18.5. The molecular weight excluding hydrogens is 805 g/mol. The normalized spacial score (nSPS) is 12.5. The zero-order valence-electron chi connectivity index (χ0n) is 43.0. The van der Waals surface area contributed by atoms with Gasteiger partial charge in [-0.05, 0) is 109 Å². The molecule has 0 saturated heterocycles. The molecule has 6 nitrogen and oxygen atoms in total. The van der Waals surface area contributed by atoms with Gasteiger partial charge in [-0.15, -0.1) is 0 Å². The first-order valence-corrected chi connectivity index (χ1v) is 27.8. The Hall–Kier alpha value is -2.89. The molecule has 0 amide bonds. The van der Waals surface area contributed by atoms with Crippen LogP contribution in [0.25, 0.3) is 0 Å². The Morgan fingerprint density at radius 3 is 0.892 bits per heavy atom. The average molecular weight is 909 g/mol. The van der Waals surface area contributed by atoms with Crippen molar-refractivity contribution in [3.63, 3.8) is 0 Å². The Balaban J connectivity index is 4.42. The van der Waals surface area contributed by atoms with Gasteiger partial charge in [0.1, 0.15) is 13.2 Å². The van der Waals surface area contributed by atoms with Crippen molar-refractivity contribution in [2.24, 2.45) is 0 Å². The van der Waals surface area contributed by atoms with Crippen LogP contribution in [0, 0.1) is 0 Å². The van der Waals surface area contributed by atoms with Crippen LogP contribution in [-0.4, -0.2) is 37.2 Å². The number of hydrogen-bond donors (Lipinski definition) is 0. The van der Waals surface area contributed by atoms with E-state index in [4.69, 9.17) is 14.2 Å². The van der Waals surface area contributed by atoms with Crippen molar-refractivity contribution < 1.29 is 28.6 Å². The van der Waals surface area contributed by atoms with Crippen molar-refractivity contribution in [1.29, 1.82) is 0 Å². The fourth-order valence-electron chi connectivity index (χ4n) is 7.73. The molecule has 0 aliphatic rings. The second-order valence-electron chi connectivity index (χ2n) is 18.5. The number of hydrogen-bond acceptors (Lipinski definition) is 6. The molecule has 0 aliphatic heterocycles. The van der Waals surface area contributed by atoms with E-state index in [2.05, 4.69) is 81.5 Å². The van der Waals surface area contributed by atoms with Gasteiger partial charge in [0.15, 0.2) is 6.10 Å². The van der Waals surface area contributed by atoms with Crippen molar-refractivity contribution in [3.8, 4) is 0 Å². The number of ether oxygens (including phenoxy) is 3. The first-order valence-electron chi connectivity index (χ1n) is 27.8. The summed E-state index contributed by atoms with van der Waals surface area (Å²) in [7, 11) is 0. The molecule has 0 N–H and O–H groups in total. The molecule has 0 fully saturated rings. The van der Waals surface area contributed by atoms with Crippen molar-refractivity contribution in [3.05, 3.63) is 60.8 Å². The summed E-state index contributed by atoms with van der Waals surface area (Å²) in [6, 6.07) is 0. The average Bonchev–Trinajstić information content (AvgIpc) is 3.30. The van der Waals surface area contributed by atoms with Crippen LogP contribution in [0.3, 0.4) is 0 Å². The molecule has 0 spiro atoms. The predicted molar refractivity (Wildman–Crippen MR) is 279 cm³/mol. The van der Waals surface area contributed by atoms with Crippen LogP contribution in [0.2, 0.25) is 0 Å². The van der Waals surface area contributed by atoms with Gasteiger partial charge < -0.3 is 14.2 Å². The molecule has 1 atom stereocenters. The highest BCUT2D eigenvalue weighted by Gasteiger charge is 2.19. The third-order valence-corrected chi connectivity index (χ3v) is 12.0. The minimum atomic E-state index is -0.789. The molecule has 0 heterocycles. The first kappa shape index (κ1) is 62.1. The summed E-state index contributed by atoms with van der Waals surface area (Å²) >= 11 is 0. The Labute approximate surface area is 402 Å². The lowest BCUT2D eigenvalue weighted by Gasteiger charge is -2.18. The van der Waals surface area contributed by atoms with Crippen LogP contribution in [0.4, 0.5) is 0 Å². The second kappa shape index (κ2) is 53.7. The van der Waals surface area contributed by atoms with Crippen molar-refractivity contribution in [2.75, 3.05) is 13.2 Å². The standard InChI is InChI=1S/C59H104O6/c1-4-7-10-13-16-19-22-25-28-29-32-34-37-40-43-46-49-52-58(61)64-55-56(65-59(62)53-50-47-44-41-38-35-31-27-24-21-18-15-12-9-6-3)54-63-57(60)51-48-45-42-39-36-33-30-26-23-20-17-14-11-8-5-2/h17-18,20-21,25-28,30-31,56H,4-16,19,22-24,29,32-55H2,1-3H3. The van der Waals surface area contributed by atoms with E-state index in [0.717, 1.165) is 103 Å². The van der Waals surface area contributed by atoms with Crippen LogP contribution in [0.1, 0.15) is 278 Å². The highest BCUT2D eigenvalue weighted by Crippen LogP contribution is 2.14. The van der Waals surface area contributed by atoms with E-state index in [1.165, 1.54) is 135 Å². The Morgan fingerprint density at radius 1 is 0.308 bits per heavy atom. The molecule has 0 rings (SSSR count). The van der Waals surface area contributed by atoms with Crippen LogP contribution in [0.5, 0.6) is 0 Å². The molecule has 376 valence electrons. The summed E-state index contributed by atoms with van der Waals surface area (Å²) in [5.41, 5.74) is 0. The molecule has 0 aromatic rings. The summed E-state index contributed by atoms with van der Waals surface area (Å²) in [6.45, 7) is 6.57. The van der Waals surface area contributed by atoms with E-state index in [1.54, 1.807) is 0 Å². The first-order chi connectivity index (χ1) is 32.0. The van der Waals surface area contributed by atoms with Crippen molar-refractivity contribution >= 4 is 17.9 Å². The fraction of sp³-hybridized carbons (Fsp3) is 0.780. The maximum Gasteiger partial charge on any atom is 0.306 e. The minimum absolute atomic E-state index is 0.0862. The third kappa shape index (κ3) is 51.9. The molecule has 0 radical (unpaired) electrons. The van der Waals surface area contributed by atoms with E-state index < -0.39 is 6.10 Å². The zero-order chi connectivity index (χ0) is 47.2.